The predicted molar refractivity (Wildman–Crippen MR) is 151 cm³/mol. The quantitative estimate of drug-likeness (QED) is 0.305. The molecule has 3 aliphatic rings. The van der Waals surface area contributed by atoms with Crippen molar-refractivity contribution < 1.29 is 19.3 Å². The van der Waals surface area contributed by atoms with Crippen LogP contribution in [0.5, 0.6) is 5.75 Å². The van der Waals surface area contributed by atoms with E-state index in [9.17, 15) is 5.11 Å². The van der Waals surface area contributed by atoms with Crippen molar-refractivity contribution in [2.75, 3.05) is 0 Å². The number of phenolic OH excluding ortho intramolecular Hbond substituents is 1. The summed E-state index contributed by atoms with van der Waals surface area (Å²) in [5.74, 6) is 0.406. The van der Waals surface area contributed by atoms with E-state index in [1.54, 1.807) is 0 Å². The summed E-state index contributed by atoms with van der Waals surface area (Å²) in [7, 11) is 0. The largest absolute Gasteiger partial charge is 0.508 e. The summed E-state index contributed by atoms with van der Waals surface area (Å²) in [5, 5.41) is 11.1. The first kappa shape index (κ1) is 28.9. The fraction of sp³-hybridized carbons (Fsp3) is 0.818. The summed E-state index contributed by atoms with van der Waals surface area (Å²) in [6, 6.07) is 4.04. The standard InChI is InChI=1S/C33H54O4/c1-24(35-28-13-7-4-8-14-28)21-27-19-20-33(34)32(23-26(3)37-30-17-11-6-12-18-30)31(27)22-25(2)36-29-15-9-5-10-16-29/h19-20,24-26,28-30,34H,4-18,21-23H2,1-3H3. The first-order chi connectivity index (χ1) is 18.0. The van der Waals surface area contributed by atoms with E-state index < -0.39 is 0 Å². The number of benzene rings is 1. The van der Waals surface area contributed by atoms with E-state index in [-0.39, 0.29) is 18.3 Å². The van der Waals surface area contributed by atoms with E-state index in [1.165, 1.54) is 107 Å². The van der Waals surface area contributed by atoms with Gasteiger partial charge in [-0.1, -0.05) is 63.9 Å². The molecule has 4 heteroatoms. The Balaban J connectivity index is 1.48. The second-order valence-corrected chi connectivity index (χ2v) is 12.4. The van der Waals surface area contributed by atoms with Crippen molar-refractivity contribution in [1.82, 2.24) is 0 Å². The fourth-order valence-corrected chi connectivity index (χ4v) is 7.02. The highest BCUT2D eigenvalue weighted by Gasteiger charge is 2.25. The van der Waals surface area contributed by atoms with Crippen LogP contribution in [0, 0.1) is 0 Å². The van der Waals surface area contributed by atoms with E-state index in [1.807, 2.05) is 6.07 Å². The van der Waals surface area contributed by atoms with Crippen LogP contribution in [0.25, 0.3) is 0 Å². The van der Waals surface area contributed by atoms with Crippen molar-refractivity contribution >= 4 is 0 Å². The third-order valence-electron chi connectivity index (χ3n) is 8.92. The Hall–Kier alpha value is -1.10. The summed E-state index contributed by atoms with van der Waals surface area (Å²) in [6.07, 6.45) is 22.8. The Morgan fingerprint density at radius 2 is 0.946 bits per heavy atom. The van der Waals surface area contributed by atoms with Gasteiger partial charge in [0, 0.05) is 6.42 Å². The molecule has 0 radical (unpaired) electrons. The molecular weight excluding hydrogens is 460 g/mol. The van der Waals surface area contributed by atoms with Gasteiger partial charge in [-0.25, -0.2) is 0 Å². The van der Waals surface area contributed by atoms with Gasteiger partial charge in [0.2, 0.25) is 0 Å². The monoisotopic (exact) mass is 514 g/mol. The highest BCUT2D eigenvalue weighted by Crippen LogP contribution is 2.32. The lowest BCUT2D eigenvalue weighted by atomic mass is 9.89. The first-order valence-electron chi connectivity index (χ1n) is 15.8. The Kier molecular flexibility index (Phi) is 11.6. The molecule has 0 saturated heterocycles. The normalized spacial score (nSPS) is 23.1. The van der Waals surface area contributed by atoms with Gasteiger partial charge >= 0.3 is 0 Å². The molecule has 3 atom stereocenters. The predicted octanol–water partition coefficient (Wildman–Crippen LogP) is 8.23. The third kappa shape index (κ3) is 9.25. The van der Waals surface area contributed by atoms with E-state index in [0.717, 1.165) is 24.8 Å². The van der Waals surface area contributed by atoms with Crippen molar-refractivity contribution in [1.29, 1.82) is 0 Å². The SMILES string of the molecule is CC(Cc1ccc(O)c(CC(C)OC2CCCCC2)c1CC(C)OC1CCCCC1)OC1CCCCC1. The molecule has 0 aromatic heterocycles. The summed E-state index contributed by atoms with van der Waals surface area (Å²) in [6.45, 7) is 6.62. The van der Waals surface area contributed by atoms with Gasteiger partial charge in [-0.15, -0.1) is 0 Å². The molecule has 210 valence electrons. The van der Waals surface area contributed by atoms with E-state index >= 15 is 0 Å². The molecule has 3 unspecified atom stereocenters. The zero-order valence-corrected chi connectivity index (χ0v) is 24.0. The van der Waals surface area contributed by atoms with Crippen LogP contribution in [0.3, 0.4) is 0 Å². The molecule has 1 N–H and O–H groups in total. The summed E-state index contributed by atoms with van der Waals surface area (Å²) in [5.41, 5.74) is 3.63. The zero-order valence-electron chi connectivity index (χ0n) is 24.0. The van der Waals surface area contributed by atoms with Crippen LogP contribution in [0.2, 0.25) is 0 Å². The molecule has 1 aromatic carbocycles. The van der Waals surface area contributed by atoms with Crippen LogP contribution in [0.15, 0.2) is 12.1 Å². The molecule has 4 rings (SSSR count). The maximum Gasteiger partial charge on any atom is 0.119 e. The molecule has 3 aliphatic carbocycles. The smallest absolute Gasteiger partial charge is 0.119 e. The molecule has 4 nitrogen and oxygen atoms in total. The van der Waals surface area contributed by atoms with Crippen molar-refractivity contribution in [2.24, 2.45) is 0 Å². The maximum absolute atomic E-state index is 11.1. The van der Waals surface area contributed by atoms with Crippen LogP contribution in [0.1, 0.15) is 134 Å². The van der Waals surface area contributed by atoms with Crippen molar-refractivity contribution in [3.05, 3.63) is 28.8 Å². The van der Waals surface area contributed by atoms with Crippen LogP contribution in [-0.4, -0.2) is 41.7 Å². The van der Waals surface area contributed by atoms with Crippen molar-refractivity contribution in [3.63, 3.8) is 0 Å². The summed E-state index contributed by atoms with van der Waals surface area (Å²) < 4.78 is 19.5. The molecular formula is C33H54O4. The lowest BCUT2D eigenvalue weighted by Crippen LogP contribution is -2.27. The van der Waals surface area contributed by atoms with Gasteiger partial charge in [0.25, 0.3) is 0 Å². The van der Waals surface area contributed by atoms with Gasteiger partial charge in [0.05, 0.1) is 36.6 Å². The molecule has 3 fully saturated rings. The van der Waals surface area contributed by atoms with Crippen LogP contribution >= 0.6 is 0 Å². The molecule has 3 saturated carbocycles. The average Bonchev–Trinajstić information content (AvgIpc) is 2.89. The zero-order chi connectivity index (χ0) is 26.0. The first-order valence-corrected chi connectivity index (χ1v) is 15.8. The number of aromatic hydroxyl groups is 1. The molecule has 1 aromatic rings. The van der Waals surface area contributed by atoms with Gasteiger partial charge in [-0.3, -0.25) is 0 Å². The van der Waals surface area contributed by atoms with Gasteiger partial charge in [0.1, 0.15) is 5.75 Å². The number of phenols is 1. The summed E-state index contributed by atoms with van der Waals surface area (Å²) >= 11 is 0. The van der Waals surface area contributed by atoms with Crippen molar-refractivity contribution in [3.8, 4) is 5.75 Å². The van der Waals surface area contributed by atoms with Gasteiger partial charge in [-0.2, -0.15) is 0 Å². The minimum Gasteiger partial charge on any atom is -0.508 e. The highest BCUT2D eigenvalue weighted by atomic mass is 16.5. The molecule has 0 amide bonds. The van der Waals surface area contributed by atoms with E-state index in [4.69, 9.17) is 14.2 Å². The van der Waals surface area contributed by atoms with E-state index in [0.29, 0.717) is 24.1 Å². The molecule has 0 heterocycles. The maximum atomic E-state index is 11.1. The van der Waals surface area contributed by atoms with Gasteiger partial charge in [0.15, 0.2) is 0 Å². The molecule has 0 bridgehead atoms. The van der Waals surface area contributed by atoms with Crippen LogP contribution < -0.4 is 0 Å². The van der Waals surface area contributed by atoms with Crippen LogP contribution in [0.4, 0.5) is 0 Å². The van der Waals surface area contributed by atoms with Crippen molar-refractivity contribution in [2.45, 2.75) is 173 Å². The second kappa shape index (κ2) is 14.9. The second-order valence-electron chi connectivity index (χ2n) is 12.4. The third-order valence-corrected chi connectivity index (χ3v) is 8.92. The minimum absolute atomic E-state index is 0.0912. The average molecular weight is 515 g/mol. The Labute approximate surface area is 226 Å². The summed E-state index contributed by atoms with van der Waals surface area (Å²) in [4.78, 5) is 0. The minimum atomic E-state index is 0.0912. The Morgan fingerprint density at radius 3 is 1.38 bits per heavy atom. The molecule has 0 spiro atoms. The lowest BCUT2D eigenvalue weighted by molar-refractivity contribution is -0.0243. The Bertz CT molecular complexity index is 790. The number of rotatable bonds is 12. The highest BCUT2D eigenvalue weighted by molar-refractivity contribution is 5.45. The topological polar surface area (TPSA) is 47.9 Å². The lowest BCUT2D eigenvalue weighted by Gasteiger charge is -2.30. The fourth-order valence-electron chi connectivity index (χ4n) is 7.02. The van der Waals surface area contributed by atoms with Gasteiger partial charge in [-0.05, 0) is 94.9 Å². The van der Waals surface area contributed by atoms with Crippen LogP contribution in [-0.2, 0) is 33.5 Å². The van der Waals surface area contributed by atoms with E-state index in [2.05, 4.69) is 26.8 Å². The number of hydrogen-bond donors (Lipinski definition) is 1. The van der Waals surface area contributed by atoms with Gasteiger partial charge < -0.3 is 19.3 Å². The number of ether oxygens (including phenoxy) is 3. The number of hydrogen-bond acceptors (Lipinski definition) is 4. The molecule has 0 aliphatic heterocycles. The Morgan fingerprint density at radius 1 is 0.568 bits per heavy atom. The molecule has 37 heavy (non-hydrogen) atoms.